The number of ether oxygens (including phenoxy) is 1. The van der Waals surface area contributed by atoms with Crippen LogP contribution in [0, 0.1) is 5.92 Å². The van der Waals surface area contributed by atoms with Crippen molar-refractivity contribution in [2.75, 3.05) is 37.3 Å². The Balaban J connectivity index is 1.57. The minimum Gasteiger partial charge on any atom is -0.469 e. The number of nitrogens with zero attached hydrogens (tertiary/aromatic N) is 3. The Morgan fingerprint density at radius 3 is 2.69 bits per heavy atom. The van der Waals surface area contributed by atoms with Crippen LogP contribution in [0.25, 0.3) is 10.8 Å². The third kappa shape index (κ3) is 3.45. The molecule has 2 unspecified atom stereocenters. The average Bonchev–Trinajstić information content (AvgIpc) is 2.78. The fraction of sp³-hybridized carbons (Fsp3) is 0.391. The first kappa shape index (κ1) is 18.7. The number of piperazine rings is 1. The third-order valence-corrected chi connectivity index (χ3v) is 6.49. The normalized spacial score (nSPS) is 21.7. The van der Waals surface area contributed by atoms with Gasteiger partial charge in [0.15, 0.2) is 5.16 Å². The molecule has 2 aromatic carbocycles. The standard InChI is InChI=1S/C23H26N4OS/c1-15-14-19-21(27-12-10-24-11-13-27)25-23(29-2)26-22(19)28-20(15)18-9-5-7-16-6-3-4-8-17(16)18/h3-9,15,20,24H,10-14H2,1-2H3. The molecule has 150 valence electrons. The van der Waals surface area contributed by atoms with Crippen LogP contribution >= 0.6 is 11.8 Å². The Labute approximate surface area is 175 Å². The van der Waals surface area contributed by atoms with Gasteiger partial charge in [0, 0.05) is 37.7 Å². The lowest BCUT2D eigenvalue weighted by molar-refractivity contribution is 0.116. The van der Waals surface area contributed by atoms with E-state index < -0.39 is 0 Å². The van der Waals surface area contributed by atoms with Crippen molar-refractivity contribution < 1.29 is 4.74 Å². The Bertz CT molecular complexity index is 1030. The van der Waals surface area contributed by atoms with Crippen molar-refractivity contribution in [1.82, 2.24) is 15.3 Å². The smallest absolute Gasteiger partial charge is 0.223 e. The molecule has 0 spiro atoms. The number of nitrogens with one attached hydrogen (secondary N) is 1. The molecule has 3 heterocycles. The Hall–Kier alpha value is -2.31. The first-order valence-electron chi connectivity index (χ1n) is 10.3. The van der Waals surface area contributed by atoms with Gasteiger partial charge < -0.3 is 15.0 Å². The summed E-state index contributed by atoms with van der Waals surface area (Å²) < 4.78 is 6.61. The Morgan fingerprint density at radius 1 is 1.07 bits per heavy atom. The highest BCUT2D eigenvalue weighted by Gasteiger charge is 2.34. The summed E-state index contributed by atoms with van der Waals surface area (Å²) in [6.07, 6.45) is 2.95. The van der Waals surface area contributed by atoms with E-state index in [2.05, 4.69) is 59.6 Å². The molecule has 29 heavy (non-hydrogen) atoms. The first-order chi connectivity index (χ1) is 14.2. The monoisotopic (exact) mass is 406 g/mol. The van der Waals surface area contributed by atoms with Crippen LogP contribution in [0.2, 0.25) is 0 Å². The predicted molar refractivity (Wildman–Crippen MR) is 119 cm³/mol. The van der Waals surface area contributed by atoms with Crippen LogP contribution in [0.15, 0.2) is 47.6 Å². The maximum absolute atomic E-state index is 6.61. The molecule has 5 nitrogen and oxygen atoms in total. The summed E-state index contributed by atoms with van der Waals surface area (Å²) in [6, 6.07) is 15.0. The van der Waals surface area contributed by atoms with Gasteiger partial charge in [-0.05, 0) is 23.4 Å². The van der Waals surface area contributed by atoms with E-state index in [0.29, 0.717) is 5.92 Å². The van der Waals surface area contributed by atoms with Crippen LogP contribution in [0.3, 0.4) is 0 Å². The van der Waals surface area contributed by atoms with Gasteiger partial charge in [-0.3, -0.25) is 0 Å². The second-order valence-electron chi connectivity index (χ2n) is 7.84. The van der Waals surface area contributed by atoms with E-state index in [1.807, 2.05) is 6.26 Å². The van der Waals surface area contributed by atoms with Gasteiger partial charge in [0.25, 0.3) is 0 Å². The lowest BCUT2D eigenvalue weighted by atomic mass is 9.87. The summed E-state index contributed by atoms with van der Waals surface area (Å²) in [7, 11) is 0. The number of anilines is 1. The van der Waals surface area contributed by atoms with E-state index in [1.165, 1.54) is 16.3 Å². The fourth-order valence-corrected chi connectivity index (χ4v) is 4.82. The minimum absolute atomic E-state index is 0.00548. The molecule has 0 bridgehead atoms. The summed E-state index contributed by atoms with van der Waals surface area (Å²) in [5, 5.41) is 6.72. The summed E-state index contributed by atoms with van der Waals surface area (Å²) in [5.74, 6) is 2.16. The van der Waals surface area contributed by atoms with E-state index in [1.54, 1.807) is 11.8 Å². The van der Waals surface area contributed by atoms with Gasteiger partial charge in [-0.1, -0.05) is 61.2 Å². The molecule has 2 aliphatic heterocycles. The molecule has 1 N–H and O–H groups in total. The van der Waals surface area contributed by atoms with Crippen molar-refractivity contribution in [2.45, 2.75) is 24.6 Å². The molecule has 0 amide bonds. The van der Waals surface area contributed by atoms with Gasteiger partial charge in [-0.25, -0.2) is 4.98 Å². The highest BCUT2D eigenvalue weighted by atomic mass is 32.2. The lowest BCUT2D eigenvalue weighted by Gasteiger charge is -2.36. The summed E-state index contributed by atoms with van der Waals surface area (Å²) in [5.41, 5.74) is 2.41. The zero-order valence-electron chi connectivity index (χ0n) is 16.9. The quantitative estimate of drug-likeness (QED) is 0.523. The molecular weight excluding hydrogens is 380 g/mol. The lowest BCUT2D eigenvalue weighted by Crippen LogP contribution is -2.44. The molecule has 0 radical (unpaired) electrons. The van der Waals surface area contributed by atoms with Crippen LogP contribution in [0.5, 0.6) is 5.88 Å². The Morgan fingerprint density at radius 2 is 1.86 bits per heavy atom. The van der Waals surface area contributed by atoms with Crippen LogP contribution in [-0.2, 0) is 6.42 Å². The van der Waals surface area contributed by atoms with Gasteiger partial charge >= 0.3 is 0 Å². The van der Waals surface area contributed by atoms with Crippen LogP contribution in [-0.4, -0.2) is 42.4 Å². The van der Waals surface area contributed by atoms with Gasteiger partial charge in [0.2, 0.25) is 5.88 Å². The molecule has 1 aromatic heterocycles. The van der Waals surface area contributed by atoms with Gasteiger partial charge in [-0.2, -0.15) is 4.98 Å². The SMILES string of the molecule is CSc1nc2c(c(N3CCNCC3)n1)CC(C)C(c1cccc3ccccc13)O2. The molecule has 2 aliphatic rings. The third-order valence-electron chi connectivity index (χ3n) is 5.94. The van der Waals surface area contributed by atoms with E-state index in [0.717, 1.165) is 55.0 Å². The number of aromatic nitrogens is 2. The van der Waals surface area contributed by atoms with Crippen molar-refractivity contribution in [3.05, 3.63) is 53.6 Å². The van der Waals surface area contributed by atoms with Gasteiger partial charge in [0.1, 0.15) is 11.9 Å². The molecule has 5 rings (SSSR count). The topological polar surface area (TPSA) is 50.3 Å². The predicted octanol–water partition coefficient (Wildman–Crippen LogP) is 4.07. The van der Waals surface area contributed by atoms with Crippen LogP contribution in [0.1, 0.15) is 24.2 Å². The molecule has 6 heteroatoms. The highest BCUT2D eigenvalue weighted by molar-refractivity contribution is 7.98. The van der Waals surface area contributed by atoms with Crippen LogP contribution in [0.4, 0.5) is 5.82 Å². The molecule has 1 fully saturated rings. The van der Waals surface area contributed by atoms with Crippen molar-refractivity contribution >= 4 is 28.4 Å². The first-order valence-corrected chi connectivity index (χ1v) is 11.5. The van der Waals surface area contributed by atoms with E-state index >= 15 is 0 Å². The second kappa shape index (κ2) is 7.84. The van der Waals surface area contributed by atoms with E-state index in [4.69, 9.17) is 14.7 Å². The maximum Gasteiger partial charge on any atom is 0.223 e. The highest BCUT2D eigenvalue weighted by Crippen LogP contribution is 2.43. The number of hydrogen-bond donors (Lipinski definition) is 1. The van der Waals surface area contributed by atoms with Crippen molar-refractivity contribution in [3.8, 4) is 5.88 Å². The average molecular weight is 407 g/mol. The zero-order chi connectivity index (χ0) is 19.8. The van der Waals surface area contributed by atoms with Crippen LogP contribution < -0.4 is 15.0 Å². The molecule has 1 saturated heterocycles. The second-order valence-corrected chi connectivity index (χ2v) is 8.62. The number of fused-ring (bicyclic) bond motifs is 2. The van der Waals surface area contributed by atoms with E-state index in [-0.39, 0.29) is 6.10 Å². The number of hydrogen-bond acceptors (Lipinski definition) is 6. The number of rotatable bonds is 3. The van der Waals surface area contributed by atoms with E-state index in [9.17, 15) is 0 Å². The van der Waals surface area contributed by atoms with Crippen molar-refractivity contribution in [2.24, 2.45) is 5.92 Å². The fourth-order valence-electron chi connectivity index (χ4n) is 4.47. The molecule has 2 atom stereocenters. The largest absolute Gasteiger partial charge is 0.469 e. The van der Waals surface area contributed by atoms with Crippen molar-refractivity contribution in [1.29, 1.82) is 0 Å². The Kier molecular flexibility index (Phi) is 5.06. The molecular formula is C23H26N4OS. The summed E-state index contributed by atoms with van der Waals surface area (Å²) >= 11 is 1.58. The minimum atomic E-state index is -0.00548. The molecule has 0 aliphatic carbocycles. The maximum atomic E-state index is 6.61. The van der Waals surface area contributed by atoms with Crippen molar-refractivity contribution in [3.63, 3.8) is 0 Å². The number of benzene rings is 2. The molecule has 3 aromatic rings. The molecule has 0 saturated carbocycles. The number of thioether (sulfide) groups is 1. The van der Waals surface area contributed by atoms with Gasteiger partial charge in [0.05, 0.1) is 5.56 Å². The van der Waals surface area contributed by atoms with Gasteiger partial charge in [-0.15, -0.1) is 0 Å². The summed E-state index contributed by atoms with van der Waals surface area (Å²) in [6.45, 7) is 6.20. The summed E-state index contributed by atoms with van der Waals surface area (Å²) in [4.78, 5) is 12.0. The zero-order valence-corrected chi connectivity index (χ0v) is 17.7.